The first kappa shape index (κ1) is 62.2. The summed E-state index contributed by atoms with van der Waals surface area (Å²) in [6, 6.07) is 0. The van der Waals surface area contributed by atoms with Gasteiger partial charge in [0.1, 0.15) is 10.9 Å². The SMILES string of the molecule is C=C1SC=CN1C.CN1C(=O)CSC1=S.CN1CCCCC1.CN1CCCCCC1.CN1CCN(C)CC1.CN1CCOC1=O.CN1CCOCC1.CN1CCSC1.CN1CCSCC1. The lowest BCUT2D eigenvalue weighted by Gasteiger charge is -2.28. The number of morpholine rings is 1. The molecule has 9 aliphatic rings. The number of carbonyl (C=O) groups excluding carboxylic acids is 2. The Labute approximate surface area is 420 Å². The van der Waals surface area contributed by atoms with E-state index >= 15 is 0 Å². The molecule has 0 bridgehead atoms. The van der Waals surface area contributed by atoms with Crippen molar-refractivity contribution in [2.24, 2.45) is 0 Å². The molecule has 8 fully saturated rings. The van der Waals surface area contributed by atoms with Gasteiger partial charge in [-0.15, -0.1) is 11.8 Å². The van der Waals surface area contributed by atoms with Gasteiger partial charge >= 0.3 is 6.09 Å². The predicted octanol–water partition coefficient (Wildman–Crippen LogP) is 5.85. The van der Waals surface area contributed by atoms with Crippen LogP contribution in [0.2, 0.25) is 0 Å². The Balaban J connectivity index is 0.000000366. The Hall–Kier alpha value is -0.810. The van der Waals surface area contributed by atoms with E-state index in [1.165, 1.54) is 157 Å². The number of carbonyl (C=O) groups is 2. The quantitative estimate of drug-likeness (QED) is 0.272. The lowest BCUT2D eigenvalue weighted by molar-refractivity contribution is -0.123. The molecule has 9 aliphatic heterocycles. The van der Waals surface area contributed by atoms with Crippen LogP contribution in [0.4, 0.5) is 4.79 Å². The third-order valence-electron chi connectivity index (χ3n) is 11.3. The lowest BCUT2D eigenvalue weighted by atomic mass is 10.1. The summed E-state index contributed by atoms with van der Waals surface area (Å²) in [5.74, 6) is 5.86. The molecule has 9 heterocycles. The monoisotopic (exact) mass is 1010 g/mol. The van der Waals surface area contributed by atoms with Crippen molar-refractivity contribution in [2.45, 2.75) is 44.9 Å². The normalized spacial score (nSPS) is 23.6. The average molecular weight is 1010 g/mol. The molecule has 0 aromatic carbocycles. The molecule has 0 atom stereocenters. The summed E-state index contributed by atoms with van der Waals surface area (Å²) in [6.45, 7) is 23.1. The fourth-order valence-corrected chi connectivity index (χ4v) is 10.00. The van der Waals surface area contributed by atoms with Gasteiger partial charge in [-0.05, 0) is 107 Å². The molecule has 0 unspecified atom stereocenters. The highest BCUT2D eigenvalue weighted by atomic mass is 32.2. The molecule has 2 amide bonds. The van der Waals surface area contributed by atoms with Crippen LogP contribution in [0.5, 0.6) is 0 Å². The summed E-state index contributed by atoms with van der Waals surface area (Å²) in [5.41, 5.74) is 0. The largest absolute Gasteiger partial charge is 0.448 e. The zero-order chi connectivity index (χ0) is 48.2. The zero-order valence-electron chi connectivity index (χ0n) is 42.5. The van der Waals surface area contributed by atoms with Crippen LogP contribution in [0, 0.1) is 0 Å². The van der Waals surface area contributed by atoms with Gasteiger partial charge in [0.05, 0.1) is 30.5 Å². The summed E-state index contributed by atoms with van der Waals surface area (Å²) in [7, 11) is 20.6. The second-order valence-corrected chi connectivity index (χ2v) is 22.5. The van der Waals surface area contributed by atoms with Crippen LogP contribution in [-0.4, -0.2) is 276 Å². The predicted molar refractivity (Wildman–Crippen MR) is 291 cm³/mol. The van der Waals surface area contributed by atoms with E-state index in [2.05, 4.69) is 107 Å². The molecule has 8 saturated heterocycles. The van der Waals surface area contributed by atoms with Crippen molar-refractivity contribution in [1.29, 1.82) is 0 Å². The molecule has 0 aliphatic carbocycles. The van der Waals surface area contributed by atoms with Crippen molar-refractivity contribution in [3.8, 4) is 0 Å². The van der Waals surface area contributed by atoms with Gasteiger partial charge in [0, 0.05) is 109 Å². The van der Waals surface area contributed by atoms with Gasteiger partial charge in [-0.25, -0.2) is 4.79 Å². The van der Waals surface area contributed by atoms with E-state index in [9.17, 15) is 9.59 Å². The van der Waals surface area contributed by atoms with Crippen molar-refractivity contribution in [1.82, 2.24) is 49.0 Å². The molecule has 9 rings (SSSR count). The average Bonchev–Trinajstić information content (AvgIpc) is 4.06. The van der Waals surface area contributed by atoms with Crippen molar-refractivity contribution in [3.05, 3.63) is 23.2 Å². The van der Waals surface area contributed by atoms with Gasteiger partial charge in [0.15, 0.2) is 0 Å². The number of likely N-dealkylation sites (N-methyl/N-ethyl adjacent to an activating group) is 4. The summed E-state index contributed by atoms with van der Waals surface area (Å²) in [5, 5.41) is 3.11. The number of thiocarbonyl (C=S) groups is 1. The van der Waals surface area contributed by atoms with E-state index < -0.39 is 0 Å². The number of piperazine rings is 1. The van der Waals surface area contributed by atoms with Crippen LogP contribution in [0.1, 0.15) is 44.9 Å². The molecule has 0 radical (unpaired) electrons. The smallest absolute Gasteiger partial charge is 0.409 e. The molecule has 0 aromatic rings. The first-order valence-electron chi connectivity index (χ1n) is 23.7. The van der Waals surface area contributed by atoms with E-state index in [0.29, 0.717) is 16.7 Å². The van der Waals surface area contributed by atoms with Crippen LogP contribution in [-0.2, 0) is 14.3 Å². The zero-order valence-corrected chi connectivity index (χ0v) is 46.6. The number of hydrogen-bond donors (Lipinski definition) is 0. The number of ether oxygens (including phenoxy) is 2. The van der Waals surface area contributed by atoms with Gasteiger partial charge in [-0.2, -0.15) is 11.8 Å². The molecular formula is C46H92N10O4S5. The maximum Gasteiger partial charge on any atom is 0.409 e. The molecule has 0 saturated carbocycles. The second-order valence-electron chi connectivity index (χ2n) is 17.6. The molecule has 65 heavy (non-hydrogen) atoms. The fourth-order valence-electron chi connectivity index (χ4n) is 6.26. The minimum atomic E-state index is -0.208. The van der Waals surface area contributed by atoms with Crippen LogP contribution >= 0.6 is 59.3 Å². The van der Waals surface area contributed by atoms with E-state index in [1.807, 2.05) is 35.3 Å². The molecule has 19 heteroatoms. The van der Waals surface area contributed by atoms with E-state index in [1.54, 1.807) is 30.8 Å². The first-order chi connectivity index (χ1) is 31.1. The van der Waals surface area contributed by atoms with Gasteiger partial charge < -0.3 is 53.6 Å². The Morgan fingerprint density at radius 1 is 0.538 bits per heavy atom. The van der Waals surface area contributed by atoms with Gasteiger partial charge in [0.25, 0.3) is 0 Å². The number of nitrogens with zero attached hydrogens (tertiary/aromatic N) is 10. The minimum Gasteiger partial charge on any atom is -0.448 e. The summed E-state index contributed by atoms with van der Waals surface area (Å²) in [6.07, 6.45) is 11.8. The summed E-state index contributed by atoms with van der Waals surface area (Å²) in [4.78, 5) is 42.4. The number of piperidine rings is 1. The Bertz CT molecular complexity index is 1190. The number of hydrogen-bond acceptors (Lipinski definition) is 17. The van der Waals surface area contributed by atoms with Crippen LogP contribution in [0.3, 0.4) is 0 Å². The van der Waals surface area contributed by atoms with Crippen LogP contribution in [0.15, 0.2) is 23.2 Å². The number of thioether (sulfide) groups is 4. The Kier molecular flexibility index (Phi) is 38.3. The third kappa shape index (κ3) is 35.0. The highest BCUT2D eigenvalue weighted by molar-refractivity contribution is 8.24. The Morgan fingerprint density at radius 2 is 0.985 bits per heavy atom. The van der Waals surface area contributed by atoms with Crippen LogP contribution < -0.4 is 0 Å². The molecule has 380 valence electrons. The van der Waals surface area contributed by atoms with E-state index in [0.717, 1.165) is 37.9 Å². The molecule has 0 N–H and O–H groups in total. The summed E-state index contributed by atoms with van der Waals surface area (Å²) >= 11 is 11.9. The van der Waals surface area contributed by atoms with Crippen molar-refractivity contribution >= 4 is 75.6 Å². The van der Waals surface area contributed by atoms with Gasteiger partial charge in [0.2, 0.25) is 5.91 Å². The van der Waals surface area contributed by atoms with Crippen LogP contribution in [0.25, 0.3) is 0 Å². The van der Waals surface area contributed by atoms with Crippen molar-refractivity contribution in [3.63, 3.8) is 0 Å². The Morgan fingerprint density at radius 3 is 1.22 bits per heavy atom. The van der Waals surface area contributed by atoms with Crippen molar-refractivity contribution in [2.75, 3.05) is 211 Å². The summed E-state index contributed by atoms with van der Waals surface area (Å²) < 4.78 is 10.3. The molecule has 0 spiro atoms. The van der Waals surface area contributed by atoms with Gasteiger partial charge in [-0.1, -0.05) is 61.6 Å². The highest BCUT2D eigenvalue weighted by Crippen LogP contribution is 2.24. The van der Waals surface area contributed by atoms with Gasteiger partial charge in [-0.3, -0.25) is 9.69 Å². The maximum absolute atomic E-state index is 10.6. The minimum absolute atomic E-state index is 0.111. The second kappa shape index (κ2) is 40.0. The van der Waals surface area contributed by atoms with E-state index in [-0.39, 0.29) is 12.0 Å². The molecule has 14 nitrogen and oxygen atoms in total. The number of rotatable bonds is 0. The molecule has 0 aromatic heterocycles. The number of cyclic esters (lactones) is 1. The fraction of sp³-hybridized carbons (Fsp3) is 0.848. The topological polar surface area (TPSA) is 85.0 Å². The third-order valence-corrected chi connectivity index (χ3v) is 15.7. The van der Waals surface area contributed by atoms with E-state index in [4.69, 9.17) is 17.0 Å². The maximum atomic E-state index is 10.6. The number of likely N-dealkylation sites (tertiary alicyclic amines) is 2. The first-order valence-corrected chi connectivity index (χ1v) is 28.3. The molecular weight excluding hydrogens is 917 g/mol. The lowest BCUT2D eigenvalue weighted by Crippen LogP contribution is -2.42. The van der Waals surface area contributed by atoms with Crippen molar-refractivity contribution < 1.29 is 19.1 Å². The number of amides is 2. The highest BCUT2D eigenvalue weighted by Gasteiger charge is 2.21. The standard InChI is InChI=1S/C7H15N.C6H14N2.C6H13N.C5H11NO.C5H7NS.C5H11NS.C4H7NO2.C4H5NOS2.C4H9NS/c1-8-6-4-2-3-5-7-8;1-7-3-5-8(2)6-4-7;1-7-5-3-2-4-6-7;1-6-2-4-7-5-3-6;1-5-6(2)3-4-7-5;1-6-2-4-7-5-3-6;1-5-2-3-7-4(5)6;1-5-3(6)2-8-4(5)7;1-5-2-3-6-4-5/h2-7H2,1H3;3-6H2,1-2H3;2-6H2,1H3;2-5H2,1H3;3-4H,1H2,2H3;2-5H2,1H3;2-3H2,1H3;2H2,1H3;2-4H2,1H3.